The lowest BCUT2D eigenvalue weighted by Gasteiger charge is -2.38. The zero-order valence-electron chi connectivity index (χ0n) is 11.8. The normalized spacial score (nSPS) is 24.2. The number of aromatic nitrogens is 2. The Morgan fingerprint density at radius 3 is 2.90 bits per heavy atom. The van der Waals surface area contributed by atoms with E-state index in [1.807, 2.05) is 18.0 Å². The fourth-order valence-corrected chi connectivity index (χ4v) is 2.93. The molecule has 2 fully saturated rings. The molecule has 3 heterocycles. The van der Waals surface area contributed by atoms with Crippen molar-refractivity contribution in [3.63, 3.8) is 0 Å². The molecule has 0 radical (unpaired) electrons. The summed E-state index contributed by atoms with van der Waals surface area (Å²) in [6.45, 7) is 4.30. The van der Waals surface area contributed by atoms with Gasteiger partial charge in [-0.25, -0.2) is 0 Å². The zero-order valence-corrected chi connectivity index (χ0v) is 11.8. The average molecular weight is 279 g/mol. The number of hydrogen-bond acceptors (Lipinski definition) is 4. The molecule has 3 rings (SSSR count). The van der Waals surface area contributed by atoms with Gasteiger partial charge in [0.1, 0.15) is 6.54 Å². The highest BCUT2D eigenvalue weighted by Crippen LogP contribution is 2.24. The van der Waals surface area contributed by atoms with Gasteiger partial charge in [-0.15, -0.1) is 0 Å². The summed E-state index contributed by atoms with van der Waals surface area (Å²) in [6, 6.07) is 0.0513. The van der Waals surface area contributed by atoms with E-state index >= 15 is 0 Å². The van der Waals surface area contributed by atoms with Crippen LogP contribution in [0.2, 0.25) is 0 Å². The summed E-state index contributed by atoms with van der Waals surface area (Å²) in [5, 5.41) is 4.18. The topological polar surface area (TPSA) is 56.6 Å². The van der Waals surface area contributed by atoms with Crippen LogP contribution in [0.1, 0.15) is 24.8 Å². The van der Waals surface area contributed by atoms with Crippen molar-refractivity contribution >= 4 is 5.91 Å². The predicted molar refractivity (Wildman–Crippen MR) is 72.0 cm³/mol. The molecule has 6 heteroatoms. The standard InChI is InChI=1S/C14H21N3O3/c1-11-8-15-16(9-11)10-13(18)17-5-3-2-4-12(17)14-19-6-7-20-14/h8-9,12,14H,2-7,10H2,1H3. The van der Waals surface area contributed by atoms with Gasteiger partial charge in [-0.1, -0.05) is 0 Å². The van der Waals surface area contributed by atoms with Crippen molar-refractivity contribution < 1.29 is 14.3 Å². The van der Waals surface area contributed by atoms with Crippen LogP contribution in [-0.4, -0.2) is 52.7 Å². The van der Waals surface area contributed by atoms with Gasteiger partial charge in [0.05, 0.1) is 25.5 Å². The van der Waals surface area contributed by atoms with Crippen molar-refractivity contribution in [1.82, 2.24) is 14.7 Å². The SMILES string of the molecule is Cc1cnn(CC(=O)N2CCCCC2C2OCCO2)c1. The number of likely N-dealkylation sites (tertiary alicyclic amines) is 1. The van der Waals surface area contributed by atoms with E-state index in [1.54, 1.807) is 10.9 Å². The first-order valence-electron chi connectivity index (χ1n) is 7.26. The predicted octanol–water partition coefficient (Wildman–Crippen LogP) is 0.946. The second kappa shape index (κ2) is 5.93. The number of hydrogen-bond donors (Lipinski definition) is 0. The summed E-state index contributed by atoms with van der Waals surface area (Å²) in [6.07, 6.45) is 6.53. The molecule has 6 nitrogen and oxygen atoms in total. The molecule has 110 valence electrons. The Bertz CT molecular complexity index is 468. The number of carbonyl (C=O) groups is 1. The first-order chi connectivity index (χ1) is 9.74. The molecule has 2 saturated heterocycles. The molecule has 1 atom stereocenters. The van der Waals surface area contributed by atoms with Gasteiger partial charge in [-0.05, 0) is 31.7 Å². The maximum atomic E-state index is 12.5. The van der Waals surface area contributed by atoms with Gasteiger partial charge in [0, 0.05) is 12.7 Å². The fourth-order valence-electron chi connectivity index (χ4n) is 2.93. The molecule has 1 aromatic heterocycles. The summed E-state index contributed by atoms with van der Waals surface area (Å²) in [5.74, 6) is 0.0944. The molecule has 0 bridgehead atoms. The van der Waals surface area contributed by atoms with E-state index < -0.39 is 0 Å². The number of amides is 1. The Hall–Kier alpha value is -1.40. The third kappa shape index (κ3) is 2.86. The summed E-state index contributed by atoms with van der Waals surface area (Å²) >= 11 is 0. The lowest BCUT2D eigenvalue weighted by molar-refractivity contribution is -0.151. The van der Waals surface area contributed by atoms with Crippen LogP contribution in [0.4, 0.5) is 0 Å². The summed E-state index contributed by atoms with van der Waals surface area (Å²) < 4.78 is 12.9. The third-order valence-corrected chi connectivity index (χ3v) is 3.89. The van der Waals surface area contributed by atoms with E-state index in [9.17, 15) is 4.79 Å². The highest BCUT2D eigenvalue weighted by Gasteiger charge is 2.36. The Labute approximate surface area is 118 Å². The van der Waals surface area contributed by atoms with Crippen LogP contribution in [0.3, 0.4) is 0 Å². The molecule has 0 N–H and O–H groups in total. The molecule has 2 aliphatic rings. The molecular formula is C14H21N3O3. The van der Waals surface area contributed by atoms with Crippen molar-refractivity contribution in [2.75, 3.05) is 19.8 Å². The molecule has 1 amide bonds. The summed E-state index contributed by atoms with van der Waals surface area (Å²) in [5.41, 5.74) is 1.07. The lowest BCUT2D eigenvalue weighted by Crippen LogP contribution is -2.51. The molecule has 1 aromatic rings. The minimum Gasteiger partial charge on any atom is -0.348 e. The van der Waals surface area contributed by atoms with Crippen LogP contribution < -0.4 is 0 Å². The molecule has 2 aliphatic heterocycles. The Morgan fingerprint density at radius 1 is 1.40 bits per heavy atom. The quantitative estimate of drug-likeness (QED) is 0.826. The molecule has 0 aliphatic carbocycles. The van der Waals surface area contributed by atoms with E-state index in [0.717, 1.165) is 31.4 Å². The van der Waals surface area contributed by atoms with E-state index in [4.69, 9.17) is 9.47 Å². The van der Waals surface area contributed by atoms with Gasteiger partial charge in [0.2, 0.25) is 5.91 Å². The number of carbonyl (C=O) groups excluding carboxylic acids is 1. The van der Waals surface area contributed by atoms with Crippen LogP contribution in [0.15, 0.2) is 12.4 Å². The average Bonchev–Trinajstić information content (AvgIpc) is 3.10. The Kier molecular flexibility index (Phi) is 4.03. The molecule has 20 heavy (non-hydrogen) atoms. The van der Waals surface area contributed by atoms with Crippen LogP contribution in [0.5, 0.6) is 0 Å². The first kappa shape index (κ1) is 13.6. The third-order valence-electron chi connectivity index (χ3n) is 3.89. The Balaban J connectivity index is 1.67. The van der Waals surface area contributed by atoms with Gasteiger partial charge < -0.3 is 14.4 Å². The van der Waals surface area contributed by atoms with Crippen LogP contribution in [0.25, 0.3) is 0 Å². The van der Waals surface area contributed by atoms with E-state index in [1.165, 1.54) is 0 Å². The van der Waals surface area contributed by atoms with Crippen molar-refractivity contribution in [3.8, 4) is 0 Å². The van der Waals surface area contributed by atoms with Crippen LogP contribution in [-0.2, 0) is 20.8 Å². The molecule has 0 saturated carbocycles. The van der Waals surface area contributed by atoms with Gasteiger partial charge >= 0.3 is 0 Å². The van der Waals surface area contributed by atoms with E-state index in [-0.39, 0.29) is 24.8 Å². The van der Waals surface area contributed by atoms with Gasteiger partial charge in [0.15, 0.2) is 6.29 Å². The van der Waals surface area contributed by atoms with Crippen molar-refractivity contribution in [2.24, 2.45) is 0 Å². The Morgan fingerprint density at radius 2 is 2.20 bits per heavy atom. The minimum absolute atomic E-state index is 0.0513. The second-order valence-corrected chi connectivity index (χ2v) is 5.48. The number of ether oxygens (including phenoxy) is 2. The minimum atomic E-state index is -0.251. The lowest BCUT2D eigenvalue weighted by atomic mass is 10.0. The largest absolute Gasteiger partial charge is 0.348 e. The first-order valence-corrected chi connectivity index (χ1v) is 7.26. The fraction of sp³-hybridized carbons (Fsp3) is 0.714. The summed E-state index contributed by atoms with van der Waals surface area (Å²) in [7, 11) is 0. The van der Waals surface area contributed by atoms with E-state index in [2.05, 4.69) is 5.10 Å². The van der Waals surface area contributed by atoms with Crippen LogP contribution >= 0.6 is 0 Å². The second-order valence-electron chi connectivity index (χ2n) is 5.48. The smallest absolute Gasteiger partial charge is 0.244 e. The van der Waals surface area contributed by atoms with Gasteiger partial charge in [0.25, 0.3) is 0 Å². The number of aryl methyl sites for hydroxylation is 1. The number of nitrogens with zero attached hydrogens (tertiary/aromatic N) is 3. The van der Waals surface area contributed by atoms with Crippen molar-refractivity contribution in [1.29, 1.82) is 0 Å². The molecule has 0 spiro atoms. The van der Waals surface area contributed by atoms with Gasteiger partial charge in [-0.3, -0.25) is 9.48 Å². The molecular weight excluding hydrogens is 258 g/mol. The zero-order chi connectivity index (χ0) is 13.9. The monoisotopic (exact) mass is 279 g/mol. The highest BCUT2D eigenvalue weighted by molar-refractivity contribution is 5.76. The maximum Gasteiger partial charge on any atom is 0.244 e. The van der Waals surface area contributed by atoms with Crippen LogP contribution in [0, 0.1) is 6.92 Å². The summed E-state index contributed by atoms with van der Waals surface area (Å²) in [4.78, 5) is 14.4. The number of rotatable bonds is 3. The van der Waals surface area contributed by atoms with Gasteiger partial charge in [-0.2, -0.15) is 5.10 Å². The number of piperidine rings is 1. The van der Waals surface area contributed by atoms with Crippen molar-refractivity contribution in [3.05, 3.63) is 18.0 Å². The molecule has 1 unspecified atom stereocenters. The molecule has 0 aromatic carbocycles. The van der Waals surface area contributed by atoms with Crippen molar-refractivity contribution in [2.45, 2.75) is 45.1 Å². The highest BCUT2D eigenvalue weighted by atomic mass is 16.7. The van der Waals surface area contributed by atoms with E-state index in [0.29, 0.717) is 13.2 Å². The maximum absolute atomic E-state index is 12.5.